The van der Waals surface area contributed by atoms with Crippen LogP contribution in [0.25, 0.3) is 0 Å². The molecular weight excluding hydrogens is 294 g/mol. The third kappa shape index (κ3) is 3.43. The number of methoxy groups -OCH3 is 1. The molecular formula is C15H20F2N2O3. The van der Waals surface area contributed by atoms with E-state index in [1.54, 1.807) is 11.9 Å². The number of aliphatic hydroxyl groups excluding tert-OH is 1. The molecule has 5 nitrogen and oxygen atoms in total. The van der Waals surface area contributed by atoms with Crippen molar-refractivity contribution in [2.75, 3.05) is 38.8 Å². The van der Waals surface area contributed by atoms with Crippen LogP contribution in [0.15, 0.2) is 18.2 Å². The minimum atomic E-state index is -0.754. The zero-order valence-corrected chi connectivity index (χ0v) is 12.6. The van der Waals surface area contributed by atoms with Crippen molar-refractivity contribution in [3.05, 3.63) is 29.8 Å². The molecule has 1 amide bonds. The van der Waals surface area contributed by atoms with Crippen molar-refractivity contribution in [2.24, 2.45) is 0 Å². The van der Waals surface area contributed by atoms with Gasteiger partial charge in [0.1, 0.15) is 17.3 Å². The summed E-state index contributed by atoms with van der Waals surface area (Å²) in [6.07, 6.45) is -0.273. The van der Waals surface area contributed by atoms with Crippen LogP contribution in [-0.2, 0) is 9.53 Å². The Morgan fingerprint density at radius 1 is 1.45 bits per heavy atom. The van der Waals surface area contributed by atoms with Gasteiger partial charge in [-0.3, -0.25) is 9.69 Å². The van der Waals surface area contributed by atoms with E-state index < -0.39 is 23.8 Å². The number of nitrogens with zero attached hydrogens (tertiary/aromatic N) is 2. The molecule has 0 aromatic heterocycles. The summed E-state index contributed by atoms with van der Waals surface area (Å²) in [5.41, 5.74) is -0.305. The highest BCUT2D eigenvalue weighted by Crippen LogP contribution is 2.29. The molecule has 22 heavy (non-hydrogen) atoms. The molecule has 0 aliphatic carbocycles. The summed E-state index contributed by atoms with van der Waals surface area (Å²) in [5.74, 6) is -1.87. The molecule has 1 fully saturated rings. The van der Waals surface area contributed by atoms with Crippen LogP contribution in [0.5, 0.6) is 0 Å². The van der Waals surface area contributed by atoms with Crippen LogP contribution >= 0.6 is 0 Å². The van der Waals surface area contributed by atoms with Crippen molar-refractivity contribution in [1.29, 1.82) is 0 Å². The first kappa shape index (κ1) is 16.8. The Kier molecular flexibility index (Phi) is 5.44. The van der Waals surface area contributed by atoms with Gasteiger partial charge in [-0.2, -0.15) is 0 Å². The van der Waals surface area contributed by atoms with E-state index in [-0.39, 0.29) is 31.3 Å². The van der Waals surface area contributed by atoms with Crippen molar-refractivity contribution in [3.8, 4) is 0 Å². The molecule has 1 aromatic carbocycles. The number of carbonyl (C=O) groups excluding carboxylic acids is 1. The fourth-order valence-electron chi connectivity index (χ4n) is 2.75. The van der Waals surface area contributed by atoms with Gasteiger partial charge in [0.15, 0.2) is 0 Å². The van der Waals surface area contributed by atoms with E-state index in [1.165, 1.54) is 13.2 Å². The van der Waals surface area contributed by atoms with Crippen molar-refractivity contribution in [2.45, 2.75) is 18.6 Å². The lowest BCUT2D eigenvalue weighted by Gasteiger charge is -2.25. The van der Waals surface area contributed by atoms with Gasteiger partial charge in [-0.1, -0.05) is 6.07 Å². The maximum atomic E-state index is 13.8. The number of ether oxygens (including phenoxy) is 1. The molecule has 0 saturated carbocycles. The number of benzene rings is 1. The SMILES string of the molecule is COCC(O)CN(C)C1CCN(c2c(F)cccc2F)C1=O. The predicted octanol–water partition coefficient (Wildman–Crippen LogP) is 1.01. The Morgan fingerprint density at radius 3 is 2.68 bits per heavy atom. The lowest BCUT2D eigenvalue weighted by molar-refractivity contribution is -0.121. The molecule has 1 aromatic rings. The average molecular weight is 314 g/mol. The summed E-state index contributed by atoms with van der Waals surface area (Å²) < 4.78 is 32.5. The Hall–Kier alpha value is -1.57. The van der Waals surface area contributed by atoms with Crippen molar-refractivity contribution in [1.82, 2.24) is 4.90 Å². The molecule has 1 aliphatic heterocycles. The van der Waals surface area contributed by atoms with E-state index in [9.17, 15) is 18.7 Å². The maximum absolute atomic E-state index is 13.8. The number of aliphatic hydroxyl groups is 1. The lowest BCUT2D eigenvalue weighted by atomic mass is 10.2. The van der Waals surface area contributed by atoms with Crippen LogP contribution in [0.4, 0.5) is 14.5 Å². The number of likely N-dealkylation sites (N-methyl/N-ethyl adjacent to an activating group) is 1. The van der Waals surface area contributed by atoms with Crippen molar-refractivity contribution < 1.29 is 23.4 Å². The third-order valence-corrected chi connectivity index (χ3v) is 3.77. The number of rotatable bonds is 6. The number of hydrogen-bond donors (Lipinski definition) is 1. The summed E-state index contributed by atoms with van der Waals surface area (Å²) in [6, 6.07) is 3.01. The van der Waals surface area contributed by atoms with E-state index in [0.717, 1.165) is 17.0 Å². The van der Waals surface area contributed by atoms with Crippen LogP contribution < -0.4 is 4.90 Å². The van der Waals surface area contributed by atoms with Gasteiger partial charge in [0, 0.05) is 20.2 Å². The smallest absolute Gasteiger partial charge is 0.244 e. The fourth-order valence-corrected chi connectivity index (χ4v) is 2.75. The zero-order chi connectivity index (χ0) is 16.3. The second-order valence-electron chi connectivity index (χ2n) is 5.41. The number of para-hydroxylation sites is 1. The van der Waals surface area contributed by atoms with Gasteiger partial charge < -0.3 is 14.7 Å². The van der Waals surface area contributed by atoms with E-state index in [4.69, 9.17) is 4.74 Å². The molecule has 0 bridgehead atoms. The van der Waals surface area contributed by atoms with Crippen molar-refractivity contribution in [3.63, 3.8) is 0 Å². The molecule has 2 unspecified atom stereocenters. The Morgan fingerprint density at radius 2 is 2.09 bits per heavy atom. The van der Waals surface area contributed by atoms with Gasteiger partial charge in [0.2, 0.25) is 5.91 Å². The monoisotopic (exact) mass is 314 g/mol. The fraction of sp³-hybridized carbons (Fsp3) is 0.533. The summed E-state index contributed by atoms with van der Waals surface area (Å²) >= 11 is 0. The van der Waals surface area contributed by atoms with Gasteiger partial charge in [-0.15, -0.1) is 0 Å². The summed E-state index contributed by atoms with van der Waals surface area (Å²) in [4.78, 5) is 15.2. The summed E-state index contributed by atoms with van der Waals surface area (Å²) in [5, 5.41) is 9.73. The quantitative estimate of drug-likeness (QED) is 0.851. The summed E-state index contributed by atoms with van der Waals surface area (Å²) in [7, 11) is 3.18. The number of carbonyl (C=O) groups is 1. The molecule has 2 rings (SSSR count). The Balaban J connectivity index is 2.09. The highest BCUT2D eigenvalue weighted by Gasteiger charge is 2.37. The molecule has 7 heteroatoms. The number of amides is 1. The van der Waals surface area contributed by atoms with E-state index in [1.807, 2.05) is 0 Å². The second kappa shape index (κ2) is 7.13. The van der Waals surface area contributed by atoms with Gasteiger partial charge in [-0.25, -0.2) is 8.78 Å². The van der Waals surface area contributed by atoms with Crippen LogP contribution in [0.1, 0.15) is 6.42 Å². The first-order valence-electron chi connectivity index (χ1n) is 7.08. The Labute approximate surface area is 128 Å². The van der Waals surface area contributed by atoms with Gasteiger partial charge in [0.25, 0.3) is 0 Å². The minimum absolute atomic E-state index is 0.164. The van der Waals surface area contributed by atoms with Gasteiger partial charge in [-0.05, 0) is 25.6 Å². The number of hydrogen-bond acceptors (Lipinski definition) is 4. The average Bonchev–Trinajstić information content (AvgIpc) is 2.81. The van der Waals surface area contributed by atoms with E-state index in [0.29, 0.717) is 6.42 Å². The number of anilines is 1. The topological polar surface area (TPSA) is 53.0 Å². The van der Waals surface area contributed by atoms with Crippen LogP contribution in [0.2, 0.25) is 0 Å². The van der Waals surface area contributed by atoms with Crippen LogP contribution in [0.3, 0.4) is 0 Å². The summed E-state index contributed by atoms with van der Waals surface area (Å²) in [6.45, 7) is 0.654. The Bertz CT molecular complexity index is 521. The van der Waals surface area contributed by atoms with Crippen LogP contribution in [-0.4, -0.2) is 61.9 Å². The van der Waals surface area contributed by atoms with Crippen molar-refractivity contribution >= 4 is 11.6 Å². The molecule has 0 radical (unpaired) electrons. The normalized spacial score (nSPS) is 20.0. The molecule has 1 N–H and O–H groups in total. The van der Waals surface area contributed by atoms with Gasteiger partial charge >= 0.3 is 0 Å². The molecule has 122 valence electrons. The second-order valence-corrected chi connectivity index (χ2v) is 5.41. The molecule has 1 heterocycles. The maximum Gasteiger partial charge on any atom is 0.244 e. The van der Waals surface area contributed by atoms with Gasteiger partial charge in [0.05, 0.1) is 18.8 Å². The first-order valence-corrected chi connectivity index (χ1v) is 7.08. The van der Waals surface area contributed by atoms with Crippen LogP contribution in [0, 0.1) is 11.6 Å². The van der Waals surface area contributed by atoms with E-state index in [2.05, 4.69) is 0 Å². The lowest BCUT2D eigenvalue weighted by Crippen LogP contribution is -2.44. The number of halogens is 2. The zero-order valence-electron chi connectivity index (χ0n) is 12.6. The molecule has 1 aliphatic rings. The predicted molar refractivity (Wildman–Crippen MR) is 77.6 cm³/mol. The largest absolute Gasteiger partial charge is 0.389 e. The highest BCUT2D eigenvalue weighted by molar-refractivity contribution is 5.99. The third-order valence-electron chi connectivity index (χ3n) is 3.77. The first-order chi connectivity index (χ1) is 10.5. The van der Waals surface area contributed by atoms with E-state index >= 15 is 0 Å². The molecule has 0 spiro atoms. The standard InChI is InChI=1S/C15H20F2N2O3/c1-18(8-10(20)9-22-2)13-6-7-19(15(13)21)14-11(16)4-3-5-12(14)17/h3-5,10,13,20H,6-9H2,1-2H3. The highest BCUT2D eigenvalue weighted by atomic mass is 19.1. The molecule has 1 saturated heterocycles. The minimum Gasteiger partial charge on any atom is -0.389 e. The molecule has 2 atom stereocenters.